The zero-order chi connectivity index (χ0) is 14.8. The van der Waals surface area contributed by atoms with Crippen molar-refractivity contribution in [3.05, 3.63) is 35.5 Å². The van der Waals surface area contributed by atoms with Crippen LogP contribution in [0.5, 0.6) is 0 Å². The van der Waals surface area contributed by atoms with Gasteiger partial charge in [0.1, 0.15) is 0 Å². The van der Waals surface area contributed by atoms with Gasteiger partial charge in [-0.2, -0.15) is 0 Å². The van der Waals surface area contributed by atoms with Crippen molar-refractivity contribution in [1.82, 2.24) is 9.88 Å². The number of likely N-dealkylation sites (N-methyl/N-ethyl adjacent to an activating group) is 1. The molecule has 0 unspecified atom stereocenters. The van der Waals surface area contributed by atoms with Crippen LogP contribution in [0.3, 0.4) is 0 Å². The molecule has 1 N–H and O–H groups in total. The summed E-state index contributed by atoms with van der Waals surface area (Å²) >= 11 is 0. The lowest BCUT2D eigenvalue weighted by atomic mass is 10.1. The van der Waals surface area contributed by atoms with E-state index in [1.165, 1.54) is 31.1 Å². The lowest BCUT2D eigenvalue weighted by molar-refractivity contribution is -0.132. The fourth-order valence-electron chi connectivity index (χ4n) is 3.67. The summed E-state index contributed by atoms with van der Waals surface area (Å²) in [5, 5.41) is 1.19. The molecular formula is C18H24N2O. The molecule has 2 aromatic rings. The molecule has 1 amide bonds. The van der Waals surface area contributed by atoms with Crippen LogP contribution < -0.4 is 0 Å². The van der Waals surface area contributed by atoms with Crippen LogP contribution in [0.2, 0.25) is 0 Å². The van der Waals surface area contributed by atoms with Crippen LogP contribution in [0.1, 0.15) is 43.9 Å². The molecule has 0 radical (unpaired) electrons. The molecule has 1 aromatic heterocycles. The van der Waals surface area contributed by atoms with Gasteiger partial charge in [0.25, 0.3) is 0 Å². The Morgan fingerprint density at radius 3 is 2.71 bits per heavy atom. The summed E-state index contributed by atoms with van der Waals surface area (Å²) in [6.45, 7) is 4.98. The van der Waals surface area contributed by atoms with Gasteiger partial charge in [-0.3, -0.25) is 4.79 Å². The molecule has 21 heavy (non-hydrogen) atoms. The number of benzene rings is 1. The molecule has 1 saturated carbocycles. The van der Waals surface area contributed by atoms with Crippen LogP contribution in [0.25, 0.3) is 10.9 Å². The monoisotopic (exact) mass is 284 g/mol. The Morgan fingerprint density at radius 1 is 1.29 bits per heavy atom. The van der Waals surface area contributed by atoms with Crippen LogP contribution in [-0.4, -0.2) is 28.4 Å². The van der Waals surface area contributed by atoms with Gasteiger partial charge in [-0.25, -0.2) is 0 Å². The highest BCUT2D eigenvalue weighted by molar-refractivity contribution is 5.90. The third-order valence-corrected chi connectivity index (χ3v) is 4.78. The SMILES string of the molecule is CCN(C(=O)Cc1c(C)[nH]c2ccccc12)C1CCCC1. The standard InChI is InChI=1S/C18H24N2O/c1-3-20(14-8-4-5-9-14)18(21)12-16-13(2)19-17-11-7-6-10-15(16)17/h6-7,10-11,14,19H,3-5,8-9,12H2,1-2H3. The molecule has 0 spiro atoms. The molecule has 1 aliphatic rings. The smallest absolute Gasteiger partial charge is 0.227 e. The molecule has 1 fully saturated rings. The number of aryl methyl sites for hydroxylation is 1. The van der Waals surface area contributed by atoms with E-state index in [-0.39, 0.29) is 5.91 Å². The minimum atomic E-state index is 0.275. The summed E-state index contributed by atoms with van der Waals surface area (Å²) < 4.78 is 0. The third-order valence-electron chi connectivity index (χ3n) is 4.78. The number of carbonyl (C=O) groups is 1. The Morgan fingerprint density at radius 2 is 2.00 bits per heavy atom. The Balaban J connectivity index is 1.83. The molecular weight excluding hydrogens is 260 g/mol. The summed E-state index contributed by atoms with van der Waals surface area (Å²) in [7, 11) is 0. The summed E-state index contributed by atoms with van der Waals surface area (Å²) in [6, 6.07) is 8.71. The molecule has 1 aliphatic carbocycles. The quantitative estimate of drug-likeness (QED) is 0.910. The molecule has 0 bridgehead atoms. The van der Waals surface area contributed by atoms with Crippen LogP contribution in [0.4, 0.5) is 0 Å². The Kier molecular flexibility index (Phi) is 4.00. The van der Waals surface area contributed by atoms with Gasteiger partial charge in [0.15, 0.2) is 0 Å². The summed E-state index contributed by atoms with van der Waals surface area (Å²) in [5.41, 5.74) is 3.40. The second kappa shape index (κ2) is 5.92. The largest absolute Gasteiger partial charge is 0.358 e. The van der Waals surface area contributed by atoms with Gasteiger partial charge in [0.2, 0.25) is 5.91 Å². The van der Waals surface area contributed by atoms with E-state index in [1.807, 2.05) is 12.1 Å². The number of amides is 1. The highest BCUT2D eigenvalue weighted by Gasteiger charge is 2.26. The third kappa shape index (κ3) is 2.69. The maximum atomic E-state index is 12.7. The van der Waals surface area contributed by atoms with E-state index in [9.17, 15) is 4.79 Å². The van der Waals surface area contributed by atoms with E-state index >= 15 is 0 Å². The number of H-pyrrole nitrogens is 1. The first kappa shape index (κ1) is 14.2. The predicted octanol–water partition coefficient (Wildman–Crippen LogP) is 3.81. The molecule has 3 heteroatoms. The number of aromatic amines is 1. The molecule has 112 valence electrons. The van der Waals surface area contributed by atoms with E-state index in [1.54, 1.807) is 0 Å². The van der Waals surface area contributed by atoms with Crippen molar-refractivity contribution in [2.24, 2.45) is 0 Å². The first-order chi connectivity index (χ1) is 10.2. The van der Waals surface area contributed by atoms with Crippen molar-refractivity contribution >= 4 is 16.8 Å². The number of aromatic nitrogens is 1. The van der Waals surface area contributed by atoms with Gasteiger partial charge < -0.3 is 9.88 Å². The van der Waals surface area contributed by atoms with Crippen LogP contribution >= 0.6 is 0 Å². The van der Waals surface area contributed by atoms with Crippen LogP contribution in [0.15, 0.2) is 24.3 Å². The number of carbonyl (C=O) groups excluding carboxylic acids is 1. The average Bonchev–Trinajstić information content (AvgIpc) is 3.09. The summed E-state index contributed by atoms with van der Waals surface area (Å²) in [6.07, 6.45) is 5.39. The van der Waals surface area contributed by atoms with Crippen molar-refractivity contribution in [2.45, 2.75) is 52.0 Å². The van der Waals surface area contributed by atoms with Gasteiger partial charge in [-0.1, -0.05) is 31.0 Å². The molecule has 0 aliphatic heterocycles. The van der Waals surface area contributed by atoms with Gasteiger partial charge in [-0.15, -0.1) is 0 Å². The Bertz CT molecular complexity index is 638. The minimum absolute atomic E-state index is 0.275. The topological polar surface area (TPSA) is 36.1 Å². The first-order valence-electron chi connectivity index (χ1n) is 8.06. The van der Waals surface area contributed by atoms with E-state index in [2.05, 4.69) is 35.9 Å². The molecule has 1 heterocycles. The summed E-state index contributed by atoms with van der Waals surface area (Å²) in [5.74, 6) is 0.275. The maximum absolute atomic E-state index is 12.7. The number of hydrogen-bond acceptors (Lipinski definition) is 1. The van der Waals surface area contributed by atoms with Crippen molar-refractivity contribution in [1.29, 1.82) is 0 Å². The fourth-order valence-corrected chi connectivity index (χ4v) is 3.67. The van der Waals surface area contributed by atoms with Gasteiger partial charge >= 0.3 is 0 Å². The van der Waals surface area contributed by atoms with Gasteiger partial charge in [0, 0.05) is 29.2 Å². The van der Waals surface area contributed by atoms with Crippen molar-refractivity contribution in [3.8, 4) is 0 Å². The maximum Gasteiger partial charge on any atom is 0.227 e. The number of para-hydroxylation sites is 1. The van der Waals surface area contributed by atoms with Crippen molar-refractivity contribution in [3.63, 3.8) is 0 Å². The second-order valence-electron chi connectivity index (χ2n) is 6.07. The highest BCUT2D eigenvalue weighted by atomic mass is 16.2. The molecule has 1 aromatic carbocycles. The number of fused-ring (bicyclic) bond motifs is 1. The molecule has 0 saturated heterocycles. The Labute approximate surface area is 126 Å². The first-order valence-corrected chi connectivity index (χ1v) is 8.06. The van der Waals surface area contributed by atoms with E-state index in [0.29, 0.717) is 12.5 Å². The molecule has 3 rings (SSSR count). The summed E-state index contributed by atoms with van der Waals surface area (Å²) in [4.78, 5) is 18.2. The van der Waals surface area contributed by atoms with E-state index < -0.39 is 0 Å². The Hall–Kier alpha value is -1.77. The number of hydrogen-bond donors (Lipinski definition) is 1. The van der Waals surface area contributed by atoms with Crippen LogP contribution in [-0.2, 0) is 11.2 Å². The van der Waals surface area contributed by atoms with Crippen molar-refractivity contribution in [2.75, 3.05) is 6.54 Å². The van der Waals surface area contributed by atoms with Gasteiger partial charge in [-0.05, 0) is 38.3 Å². The average molecular weight is 284 g/mol. The highest BCUT2D eigenvalue weighted by Crippen LogP contribution is 2.26. The zero-order valence-corrected chi connectivity index (χ0v) is 13.0. The molecule has 3 nitrogen and oxygen atoms in total. The second-order valence-corrected chi connectivity index (χ2v) is 6.07. The number of nitrogens with one attached hydrogen (secondary N) is 1. The predicted molar refractivity (Wildman–Crippen MR) is 86.4 cm³/mol. The van der Waals surface area contributed by atoms with E-state index in [4.69, 9.17) is 0 Å². The lowest BCUT2D eigenvalue weighted by Gasteiger charge is -2.27. The molecule has 0 atom stereocenters. The van der Waals surface area contributed by atoms with E-state index in [0.717, 1.165) is 23.3 Å². The normalized spacial score (nSPS) is 15.7. The van der Waals surface area contributed by atoms with Crippen molar-refractivity contribution < 1.29 is 4.79 Å². The lowest BCUT2D eigenvalue weighted by Crippen LogP contribution is -2.39. The number of nitrogens with zero attached hydrogens (tertiary/aromatic N) is 1. The minimum Gasteiger partial charge on any atom is -0.358 e. The van der Waals surface area contributed by atoms with Crippen LogP contribution in [0, 0.1) is 6.92 Å². The fraction of sp³-hybridized carbons (Fsp3) is 0.500. The van der Waals surface area contributed by atoms with Gasteiger partial charge in [0.05, 0.1) is 6.42 Å². The zero-order valence-electron chi connectivity index (χ0n) is 13.0. The number of rotatable bonds is 4.